The van der Waals surface area contributed by atoms with E-state index in [2.05, 4.69) is 19.8 Å². The molecule has 7 nitrogen and oxygen atoms in total. The number of hydrogen-bond donors (Lipinski definition) is 0. The van der Waals surface area contributed by atoms with E-state index in [1.165, 1.54) is 12.8 Å². The average molecular weight is 382 g/mol. The highest BCUT2D eigenvalue weighted by Crippen LogP contribution is 2.26. The Morgan fingerprint density at radius 3 is 2.31 bits per heavy atom. The van der Waals surface area contributed by atoms with Gasteiger partial charge >= 0.3 is 6.09 Å². The van der Waals surface area contributed by atoms with E-state index in [4.69, 9.17) is 16.3 Å². The van der Waals surface area contributed by atoms with Gasteiger partial charge in [0.25, 0.3) is 0 Å². The van der Waals surface area contributed by atoms with Crippen LogP contribution in [0.15, 0.2) is 6.07 Å². The van der Waals surface area contributed by atoms with Gasteiger partial charge in [0, 0.05) is 44.8 Å². The molecule has 0 radical (unpaired) electrons. The number of rotatable bonds is 2. The molecule has 0 bridgehead atoms. The first-order chi connectivity index (χ1) is 12.2. The summed E-state index contributed by atoms with van der Waals surface area (Å²) in [6.45, 7) is 11.7. The van der Waals surface area contributed by atoms with Crippen molar-refractivity contribution in [2.75, 3.05) is 42.5 Å². The quantitative estimate of drug-likeness (QED) is 0.733. The number of nitrogens with zero attached hydrogens (tertiary/aromatic N) is 5. The lowest BCUT2D eigenvalue weighted by Crippen LogP contribution is -2.55. The fourth-order valence-corrected chi connectivity index (χ4v) is 3.59. The molecule has 2 fully saturated rings. The van der Waals surface area contributed by atoms with Gasteiger partial charge in [0.05, 0.1) is 0 Å². The SMILES string of the molecule is CC1CN(c2cc(N3CCCC3)nc(Cl)n2)CCN1C(=O)OC(C)(C)C. The number of carbonyl (C=O) groups excluding carboxylic acids is 1. The topological polar surface area (TPSA) is 61.8 Å². The maximum absolute atomic E-state index is 12.4. The Hall–Kier alpha value is -1.76. The molecule has 1 atom stereocenters. The van der Waals surface area contributed by atoms with Crippen molar-refractivity contribution in [2.45, 2.75) is 52.2 Å². The Morgan fingerprint density at radius 2 is 1.73 bits per heavy atom. The first-order valence-electron chi connectivity index (χ1n) is 9.27. The molecule has 0 aromatic carbocycles. The second-order valence-corrected chi connectivity index (χ2v) is 8.35. The van der Waals surface area contributed by atoms with Crippen LogP contribution in [-0.2, 0) is 4.74 Å². The highest BCUT2D eigenvalue weighted by atomic mass is 35.5. The summed E-state index contributed by atoms with van der Waals surface area (Å²) in [5.74, 6) is 1.71. The van der Waals surface area contributed by atoms with E-state index < -0.39 is 5.60 Å². The number of halogens is 1. The van der Waals surface area contributed by atoms with E-state index in [1.807, 2.05) is 33.8 Å². The number of anilines is 2. The number of aromatic nitrogens is 2. The summed E-state index contributed by atoms with van der Waals surface area (Å²) in [5.41, 5.74) is -0.487. The van der Waals surface area contributed by atoms with E-state index in [-0.39, 0.29) is 17.4 Å². The Balaban J connectivity index is 1.69. The van der Waals surface area contributed by atoms with Crippen molar-refractivity contribution in [2.24, 2.45) is 0 Å². The normalized spacial score (nSPS) is 21.3. The number of ether oxygens (including phenoxy) is 1. The summed E-state index contributed by atoms with van der Waals surface area (Å²) in [5, 5.41) is 0.270. The van der Waals surface area contributed by atoms with Crippen molar-refractivity contribution in [3.05, 3.63) is 11.3 Å². The van der Waals surface area contributed by atoms with Crippen LogP contribution in [-0.4, -0.2) is 65.3 Å². The third-order valence-electron chi connectivity index (χ3n) is 4.68. The zero-order valence-electron chi connectivity index (χ0n) is 16.0. The number of hydrogen-bond acceptors (Lipinski definition) is 6. The minimum absolute atomic E-state index is 0.0302. The van der Waals surface area contributed by atoms with Gasteiger partial charge in [-0.25, -0.2) is 14.8 Å². The standard InChI is InChI=1S/C18H28ClN5O2/c1-13-12-23(9-10-24(13)17(25)26-18(2,3)4)15-11-14(20-16(19)21-15)22-7-5-6-8-22/h11,13H,5-10,12H2,1-4H3. The molecule has 3 rings (SSSR count). The maximum Gasteiger partial charge on any atom is 0.410 e. The molecular weight excluding hydrogens is 354 g/mol. The van der Waals surface area contributed by atoms with E-state index in [0.717, 1.165) is 24.7 Å². The third-order valence-corrected chi connectivity index (χ3v) is 4.85. The van der Waals surface area contributed by atoms with Crippen LogP contribution in [0.25, 0.3) is 0 Å². The minimum Gasteiger partial charge on any atom is -0.444 e. The molecule has 2 aliphatic rings. The highest BCUT2D eigenvalue weighted by Gasteiger charge is 2.31. The van der Waals surface area contributed by atoms with Crippen LogP contribution in [0.3, 0.4) is 0 Å². The van der Waals surface area contributed by atoms with Crippen LogP contribution < -0.4 is 9.80 Å². The molecule has 8 heteroatoms. The molecule has 144 valence electrons. The second-order valence-electron chi connectivity index (χ2n) is 8.02. The van der Waals surface area contributed by atoms with E-state index in [1.54, 1.807) is 4.90 Å². The maximum atomic E-state index is 12.4. The number of carbonyl (C=O) groups is 1. The monoisotopic (exact) mass is 381 g/mol. The first kappa shape index (κ1) is 19.0. The third kappa shape index (κ3) is 4.50. The molecule has 0 aliphatic carbocycles. The van der Waals surface area contributed by atoms with Crippen molar-refractivity contribution in [1.82, 2.24) is 14.9 Å². The average Bonchev–Trinajstić information content (AvgIpc) is 3.07. The number of piperazine rings is 1. The molecule has 0 saturated carbocycles. The van der Waals surface area contributed by atoms with E-state index in [9.17, 15) is 4.79 Å². The Labute approximate surface area is 160 Å². The fraction of sp³-hybridized carbons (Fsp3) is 0.722. The Kier molecular flexibility index (Phi) is 5.46. The van der Waals surface area contributed by atoms with Crippen molar-refractivity contribution in [3.8, 4) is 0 Å². The molecule has 2 saturated heterocycles. The van der Waals surface area contributed by atoms with Gasteiger partial charge in [-0.1, -0.05) is 0 Å². The Morgan fingerprint density at radius 1 is 1.12 bits per heavy atom. The molecule has 0 spiro atoms. The molecule has 1 unspecified atom stereocenters. The molecular formula is C18H28ClN5O2. The predicted octanol–water partition coefficient (Wildman–Crippen LogP) is 3.18. The van der Waals surface area contributed by atoms with Crippen molar-refractivity contribution in [3.63, 3.8) is 0 Å². The van der Waals surface area contributed by atoms with Gasteiger partial charge in [-0.15, -0.1) is 0 Å². The van der Waals surface area contributed by atoms with Crippen LogP contribution >= 0.6 is 11.6 Å². The molecule has 0 N–H and O–H groups in total. The van der Waals surface area contributed by atoms with Gasteiger partial charge in [-0.2, -0.15) is 0 Å². The Bertz CT molecular complexity index is 657. The number of amides is 1. The van der Waals surface area contributed by atoms with Gasteiger partial charge in [0.2, 0.25) is 5.28 Å². The van der Waals surface area contributed by atoms with Crippen molar-refractivity contribution >= 4 is 29.3 Å². The van der Waals surface area contributed by atoms with Crippen molar-refractivity contribution in [1.29, 1.82) is 0 Å². The molecule has 3 heterocycles. The fourth-order valence-electron chi connectivity index (χ4n) is 3.42. The summed E-state index contributed by atoms with van der Waals surface area (Å²) >= 11 is 6.18. The molecule has 1 amide bonds. The van der Waals surface area contributed by atoms with Crippen LogP contribution in [0.5, 0.6) is 0 Å². The van der Waals surface area contributed by atoms with Gasteiger partial charge in [-0.05, 0) is 52.1 Å². The first-order valence-corrected chi connectivity index (χ1v) is 9.65. The lowest BCUT2D eigenvalue weighted by atomic mass is 10.2. The molecule has 1 aromatic heterocycles. The van der Waals surface area contributed by atoms with E-state index in [0.29, 0.717) is 19.6 Å². The molecule has 1 aromatic rings. The van der Waals surface area contributed by atoms with Gasteiger partial charge in [0.1, 0.15) is 17.2 Å². The summed E-state index contributed by atoms with van der Waals surface area (Å²) < 4.78 is 5.51. The smallest absolute Gasteiger partial charge is 0.410 e. The van der Waals surface area contributed by atoms with Gasteiger partial charge in [-0.3, -0.25) is 0 Å². The lowest BCUT2D eigenvalue weighted by molar-refractivity contribution is 0.0158. The van der Waals surface area contributed by atoms with Crippen LogP contribution in [0, 0.1) is 0 Å². The van der Waals surface area contributed by atoms with Crippen molar-refractivity contribution < 1.29 is 9.53 Å². The zero-order chi connectivity index (χ0) is 18.9. The zero-order valence-corrected chi connectivity index (χ0v) is 16.8. The van der Waals surface area contributed by atoms with Crippen LogP contribution in [0.4, 0.5) is 16.4 Å². The molecule has 2 aliphatic heterocycles. The van der Waals surface area contributed by atoms with Gasteiger partial charge in [0.15, 0.2) is 0 Å². The summed E-state index contributed by atoms with van der Waals surface area (Å²) in [6, 6.07) is 2.04. The van der Waals surface area contributed by atoms with Crippen LogP contribution in [0.2, 0.25) is 5.28 Å². The highest BCUT2D eigenvalue weighted by molar-refractivity contribution is 6.28. The minimum atomic E-state index is -0.487. The second kappa shape index (κ2) is 7.47. The summed E-state index contributed by atoms with van der Waals surface area (Å²) in [4.78, 5) is 27.4. The van der Waals surface area contributed by atoms with E-state index >= 15 is 0 Å². The largest absolute Gasteiger partial charge is 0.444 e. The molecule has 26 heavy (non-hydrogen) atoms. The summed E-state index contributed by atoms with van der Waals surface area (Å²) in [6.07, 6.45) is 2.11. The predicted molar refractivity (Wildman–Crippen MR) is 103 cm³/mol. The van der Waals surface area contributed by atoms with Crippen LogP contribution in [0.1, 0.15) is 40.5 Å². The lowest BCUT2D eigenvalue weighted by Gasteiger charge is -2.40. The van der Waals surface area contributed by atoms with Gasteiger partial charge < -0.3 is 19.4 Å². The summed E-state index contributed by atoms with van der Waals surface area (Å²) in [7, 11) is 0.